The predicted octanol–water partition coefficient (Wildman–Crippen LogP) is 3.07. The van der Waals surface area contributed by atoms with Crippen LogP contribution in [0.15, 0.2) is 41.5 Å². The maximum absolute atomic E-state index is 14.9. The lowest BCUT2D eigenvalue weighted by molar-refractivity contribution is 0.00304. The summed E-state index contributed by atoms with van der Waals surface area (Å²) in [5.74, 6) is 0.0968. The van der Waals surface area contributed by atoms with Crippen molar-refractivity contribution in [2.24, 2.45) is 16.6 Å². The number of carbonyl (C=O) groups excluding carboxylic acids is 1. The maximum atomic E-state index is 14.9. The summed E-state index contributed by atoms with van der Waals surface area (Å²) >= 11 is 1.46. The Kier molecular flexibility index (Phi) is 5.87. The Morgan fingerprint density at radius 3 is 3.03 bits per heavy atom. The molecule has 7 nitrogen and oxygen atoms in total. The normalized spacial score (nSPS) is 23.3. The Balaban J connectivity index is 1.62. The van der Waals surface area contributed by atoms with E-state index in [2.05, 4.69) is 20.0 Å². The number of hydrogen-bond acceptors (Lipinski definition) is 7. The van der Waals surface area contributed by atoms with Crippen LogP contribution in [0.5, 0.6) is 5.75 Å². The number of hydrogen-bond donors (Lipinski definition) is 2. The van der Waals surface area contributed by atoms with Gasteiger partial charge in [0.2, 0.25) is 6.86 Å². The van der Waals surface area contributed by atoms with Crippen LogP contribution >= 0.6 is 11.8 Å². The fourth-order valence-corrected chi connectivity index (χ4v) is 4.76. The molecular weight excluding hydrogens is 414 g/mol. The van der Waals surface area contributed by atoms with Gasteiger partial charge in [-0.1, -0.05) is 11.8 Å². The van der Waals surface area contributed by atoms with Crippen molar-refractivity contribution in [1.29, 1.82) is 0 Å². The number of benzene rings is 1. The average Bonchev–Trinajstić information content (AvgIpc) is 2.75. The molecule has 0 saturated carbocycles. The zero-order chi connectivity index (χ0) is 21.1. The van der Waals surface area contributed by atoms with E-state index >= 15 is 0 Å². The number of anilines is 1. The molecule has 30 heavy (non-hydrogen) atoms. The van der Waals surface area contributed by atoms with Gasteiger partial charge in [0.15, 0.2) is 5.17 Å². The number of aromatic nitrogens is 1. The van der Waals surface area contributed by atoms with Gasteiger partial charge >= 0.3 is 0 Å². The molecule has 0 aliphatic carbocycles. The minimum Gasteiger partial charge on any atom is -0.461 e. The van der Waals surface area contributed by atoms with Gasteiger partial charge in [-0.15, -0.1) is 0 Å². The molecule has 1 unspecified atom stereocenters. The van der Waals surface area contributed by atoms with Crippen LogP contribution in [0.25, 0.3) is 0 Å². The Bertz CT molecular complexity index is 973. The summed E-state index contributed by atoms with van der Waals surface area (Å²) in [5.41, 5.74) is 5.90. The van der Waals surface area contributed by atoms with Crippen molar-refractivity contribution in [3.05, 3.63) is 53.6 Å². The highest BCUT2D eigenvalue weighted by Crippen LogP contribution is 2.45. The summed E-state index contributed by atoms with van der Waals surface area (Å²) in [4.78, 5) is 21.1. The number of nitrogens with one attached hydrogen (secondary N) is 1. The number of fused-ring (bicyclic) bond motifs is 1. The van der Waals surface area contributed by atoms with E-state index in [1.165, 1.54) is 42.2 Å². The number of pyridine rings is 1. The molecule has 158 valence electrons. The zero-order valence-electron chi connectivity index (χ0n) is 15.9. The van der Waals surface area contributed by atoms with E-state index in [9.17, 15) is 13.6 Å². The summed E-state index contributed by atoms with van der Waals surface area (Å²) < 4.78 is 37.4. The third-order valence-electron chi connectivity index (χ3n) is 5.23. The Hall–Kier alpha value is -2.72. The standard InChI is InChI=1S/C20H20F2N4O3S/c21-11-29-14-2-4-17(24-8-14)18(27)25-13-1-3-16(22)15(7-13)20-10-28-6-5-12(20)9-30-19(23)26-20/h1-4,7-8,12H,5-6,9-11H2,(H2,23,26)(H,25,27)/t12-,20?/m0/s1. The van der Waals surface area contributed by atoms with Crippen LogP contribution in [0.1, 0.15) is 22.5 Å². The number of amidine groups is 1. The van der Waals surface area contributed by atoms with Gasteiger partial charge in [-0.25, -0.2) is 18.8 Å². The second-order valence-corrected chi connectivity index (χ2v) is 8.05. The number of thioether (sulfide) groups is 1. The number of amides is 1. The lowest BCUT2D eigenvalue weighted by Crippen LogP contribution is -2.48. The second kappa shape index (κ2) is 8.57. The van der Waals surface area contributed by atoms with Crippen LogP contribution in [0.2, 0.25) is 0 Å². The van der Waals surface area contributed by atoms with E-state index in [4.69, 9.17) is 10.5 Å². The highest BCUT2D eigenvalue weighted by Gasteiger charge is 2.47. The number of nitrogens with zero attached hydrogens (tertiary/aromatic N) is 2. The molecule has 2 aliphatic rings. The SMILES string of the molecule is NC1=NC2(c3cc(NC(=O)c4ccc(OCF)cn4)ccc3F)COCC[C@H]2CS1. The lowest BCUT2D eigenvalue weighted by atomic mass is 9.76. The van der Waals surface area contributed by atoms with Crippen LogP contribution in [-0.4, -0.2) is 41.9 Å². The van der Waals surface area contributed by atoms with Crippen LogP contribution < -0.4 is 15.8 Å². The molecule has 2 aromatic rings. The second-order valence-electron chi connectivity index (χ2n) is 7.00. The first-order valence-corrected chi connectivity index (χ1v) is 10.3. The van der Waals surface area contributed by atoms with Gasteiger partial charge in [0.25, 0.3) is 5.91 Å². The fourth-order valence-electron chi connectivity index (χ4n) is 3.72. The van der Waals surface area contributed by atoms with Crippen molar-refractivity contribution >= 4 is 28.5 Å². The highest BCUT2D eigenvalue weighted by molar-refractivity contribution is 8.13. The van der Waals surface area contributed by atoms with Crippen molar-refractivity contribution in [3.63, 3.8) is 0 Å². The van der Waals surface area contributed by atoms with E-state index in [0.29, 0.717) is 23.0 Å². The number of rotatable bonds is 5. The third kappa shape index (κ3) is 3.97. The lowest BCUT2D eigenvalue weighted by Gasteiger charge is -2.43. The van der Waals surface area contributed by atoms with Gasteiger partial charge < -0.3 is 20.5 Å². The molecule has 1 saturated heterocycles. The van der Waals surface area contributed by atoms with Gasteiger partial charge in [-0.3, -0.25) is 4.79 Å². The quantitative estimate of drug-likeness (QED) is 0.751. The van der Waals surface area contributed by atoms with Gasteiger partial charge in [0.1, 0.15) is 22.8 Å². The Morgan fingerprint density at radius 1 is 1.40 bits per heavy atom. The number of alkyl halides is 1. The van der Waals surface area contributed by atoms with E-state index in [1.807, 2.05) is 0 Å². The number of ether oxygens (including phenoxy) is 2. The van der Waals surface area contributed by atoms with E-state index in [1.54, 1.807) is 6.07 Å². The minimum atomic E-state index is -0.983. The molecule has 2 aliphatic heterocycles. The third-order valence-corrected chi connectivity index (χ3v) is 6.19. The first-order valence-electron chi connectivity index (χ1n) is 9.34. The summed E-state index contributed by atoms with van der Waals surface area (Å²) in [7, 11) is 0. The van der Waals surface area contributed by atoms with Crippen molar-refractivity contribution in [1.82, 2.24) is 4.98 Å². The van der Waals surface area contributed by atoms with E-state index < -0.39 is 24.1 Å². The molecule has 0 radical (unpaired) electrons. The molecule has 3 heterocycles. The summed E-state index contributed by atoms with van der Waals surface area (Å²) in [6, 6.07) is 7.19. The van der Waals surface area contributed by atoms with Crippen molar-refractivity contribution in [2.75, 3.05) is 31.1 Å². The minimum absolute atomic E-state index is 0.0775. The summed E-state index contributed by atoms with van der Waals surface area (Å²) in [6.07, 6.45) is 2.00. The molecule has 3 N–H and O–H groups in total. The Labute approximate surface area is 176 Å². The molecule has 1 aromatic heterocycles. The molecule has 1 amide bonds. The molecule has 1 fully saturated rings. The van der Waals surface area contributed by atoms with Gasteiger partial charge in [-0.05, 0) is 36.8 Å². The van der Waals surface area contributed by atoms with Crippen molar-refractivity contribution < 1.29 is 23.0 Å². The first-order chi connectivity index (χ1) is 14.5. The first kappa shape index (κ1) is 20.5. The number of nitrogens with two attached hydrogens (primary N) is 1. The van der Waals surface area contributed by atoms with Gasteiger partial charge in [0.05, 0.1) is 12.8 Å². The fraction of sp³-hybridized carbons (Fsp3) is 0.350. The number of carbonyl (C=O) groups is 1. The molecule has 1 aromatic carbocycles. The molecule has 0 bridgehead atoms. The largest absolute Gasteiger partial charge is 0.461 e. The molecular formula is C20H20F2N4O3S. The van der Waals surface area contributed by atoms with E-state index in [0.717, 1.165) is 12.2 Å². The Morgan fingerprint density at radius 2 is 2.27 bits per heavy atom. The van der Waals surface area contributed by atoms with Gasteiger partial charge in [-0.2, -0.15) is 0 Å². The van der Waals surface area contributed by atoms with Gasteiger partial charge in [0, 0.05) is 29.5 Å². The smallest absolute Gasteiger partial charge is 0.274 e. The molecule has 10 heteroatoms. The zero-order valence-corrected chi connectivity index (χ0v) is 16.8. The van der Waals surface area contributed by atoms with Crippen LogP contribution in [0, 0.1) is 11.7 Å². The number of halogens is 2. The van der Waals surface area contributed by atoms with Crippen LogP contribution in [0.3, 0.4) is 0 Å². The molecule has 0 spiro atoms. The van der Waals surface area contributed by atoms with Crippen molar-refractivity contribution in [2.45, 2.75) is 12.0 Å². The highest BCUT2D eigenvalue weighted by atomic mass is 32.2. The maximum Gasteiger partial charge on any atom is 0.274 e. The van der Waals surface area contributed by atoms with E-state index in [-0.39, 0.29) is 24.0 Å². The van der Waals surface area contributed by atoms with Crippen LogP contribution in [-0.2, 0) is 10.3 Å². The topological polar surface area (TPSA) is 98.8 Å². The van der Waals surface area contributed by atoms with Crippen molar-refractivity contribution in [3.8, 4) is 5.75 Å². The molecule has 2 atom stereocenters. The average molecular weight is 434 g/mol. The predicted molar refractivity (Wildman–Crippen MR) is 110 cm³/mol. The molecule has 4 rings (SSSR count). The number of aliphatic imine (C=N–C) groups is 1. The summed E-state index contributed by atoms with van der Waals surface area (Å²) in [6.45, 7) is -0.164. The monoisotopic (exact) mass is 434 g/mol. The summed E-state index contributed by atoms with van der Waals surface area (Å²) in [5, 5.41) is 3.10. The van der Waals surface area contributed by atoms with Crippen LogP contribution in [0.4, 0.5) is 14.5 Å².